The van der Waals surface area contributed by atoms with Crippen LogP contribution in [0.3, 0.4) is 0 Å². The summed E-state index contributed by atoms with van der Waals surface area (Å²) in [7, 11) is 0. The highest BCUT2D eigenvalue weighted by molar-refractivity contribution is 6.35. The highest BCUT2D eigenvalue weighted by Crippen LogP contribution is 2.23. The van der Waals surface area contributed by atoms with E-state index in [0.717, 1.165) is 22.4 Å². The highest BCUT2D eigenvalue weighted by atomic mass is 16.5. The number of hydrogen-bond acceptors (Lipinski definition) is 3. The van der Waals surface area contributed by atoms with Gasteiger partial charge in [-0.05, 0) is 42.7 Å². The molecular weight excluding hydrogens is 388 g/mol. The van der Waals surface area contributed by atoms with E-state index in [1.807, 2.05) is 98.8 Å². The fourth-order valence-corrected chi connectivity index (χ4v) is 3.29. The first-order valence-electron chi connectivity index (χ1n) is 10.4. The first kappa shape index (κ1) is 22.1. The zero-order chi connectivity index (χ0) is 22.1. The first-order chi connectivity index (χ1) is 15.0. The topological polar surface area (TPSA) is 67.4 Å². The summed E-state index contributed by atoms with van der Waals surface area (Å²) in [6.45, 7) is 4.54. The molecular formula is C26H28N2O3. The average Bonchev–Trinajstić information content (AvgIpc) is 2.79. The number of nitrogens with one attached hydrogen (secondary N) is 2. The fraction of sp³-hybridized carbons (Fsp3) is 0.231. The number of carbonyl (C=O) groups is 2. The molecule has 2 amide bonds. The molecule has 0 atom stereocenters. The Labute approximate surface area is 183 Å². The van der Waals surface area contributed by atoms with Gasteiger partial charge in [0.25, 0.3) is 0 Å². The van der Waals surface area contributed by atoms with Gasteiger partial charge in [-0.15, -0.1) is 0 Å². The highest BCUT2D eigenvalue weighted by Gasteiger charge is 2.18. The maximum atomic E-state index is 12.4. The van der Waals surface area contributed by atoms with Gasteiger partial charge >= 0.3 is 11.8 Å². The molecule has 0 bridgehead atoms. The van der Waals surface area contributed by atoms with Crippen LogP contribution in [0, 0.1) is 0 Å². The minimum atomic E-state index is -0.651. The molecule has 3 aromatic rings. The lowest BCUT2D eigenvalue weighted by molar-refractivity contribution is -0.139. The molecule has 3 rings (SSSR count). The molecule has 3 aromatic carbocycles. The Morgan fingerprint density at radius 1 is 0.742 bits per heavy atom. The van der Waals surface area contributed by atoms with Crippen LogP contribution in [0.4, 0.5) is 0 Å². The third-order valence-electron chi connectivity index (χ3n) is 4.83. The molecule has 0 aliphatic carbocycles. The zero-order valence-electron chi connectivity index (χ0n) is 17.9. The summed E-state index contributed by atoms with van der Waals surface area (Å²) < 4.78 is 5.61. The second-order valence-electron chi connectivity index (χ2n) is 7.58. The maximum Gasteiger partial charge on any atom is 0.309 e. The smallest absolute Gasteiger partial charge is 0.309 e. The van der Waals surface area contributed by atoms with E-state index in [2.05, 4.69) is 10.6 Å². The summed E-state index contributed by atoms with van der Waals surface area (Å²) in [5, 5.41) is 5.45. The molecule has 0 saturated heterocycles. The van der Waals surface area contributed by atoms with E-state index in [1.165, 1.54) is 0 Å². The molecule has 0 unspecified atom stereocenters. The lowest BCUT2D eigenvalue weighted by Crippen LogP contribution is -2.41. The Bertz CT molecular complexity index is 931. The molecule has 0 aromatic heterocycles. The van der Waals surface area contributed by atoms with E-state index in [9.17, 15) is 9.59 Å². The van der Waals surface area contributed by atoms with Crippen molar-refractivity contribution in [1.82, 2.24) is 10.6 Å². The maximum absolute atomic E-state index is 12.4. The Hall–Kier alpha value is -3.60. The molecule has 31 heavy (non-hydrogen) atoms. The van der Waals surface area contributed by atoms with Crippen LogP contribution in [-0.2, 0) is 16.1 Å². The van der Waals surface area contributed by atoms with Crippen LogP contribution in [0.2, 0.25) is 0 Å². The summed E-state index contributed by atoms with van der Waals surface area (Å²) in [6, 6.07) is 27.3. The van der Waals surface area contributed by atoms with Crippen molar-refractivity contribution in [2.75, 3.05) is 6.54 Å². The van der Waals surface area contributed by atoms with E-state index < -0.39 is 11.8 Å². The van der Waals surface area contributed by atoms with Crippen LogP contribution in [0.1, 0.15) is 36.5 Å². The number of carbonyl (C=O) groups excluding carboxylic acids is 2. The van der Waals surface area contributed by atoms with E-state index >= 15 is 0 Å². The summed E-state index contributed by atoms with van der Waals surface area (Å²) in [5.41, 5.74) is 3.06. The van der Waals surface area contributed by atoms with Gasteiger partial charge in [0, 0.05) is 19.0 Å². The number of hydrogen-bond donors (Lipinski definition) is 2. The summed E-state index contributed by atoms with van der Waals surface area (Å²) in [5.74, 6) is -0.553. The van der Waals surface area contributed by atoms with E-state index in [4.69, 9.17) is 4.74 Å². The molecule has 0 aliphatic heterocycles. The largest absolute Gasteiger partial charge is 0.491 e. The van der Waals surface area contributed by atoms with Crippen molar-refractivity contribution in [1.29, 1.82) is 0 Å². The van der Waals surface area contributed by atoms with Gasteiger partial charge in [-0.3, -0.25) is 9.59 Å². The standard InChI is InChI=1S/C26H28N2O3/c1-19(2)31-23-15-13-20(14-16-23)17-27-25(29)26(30)28-18-24(21-9-5-3-6-10-21)22-11-7-4-8-12-22/h3-16,19,24H,17-18H2,1-2H3,(H,27,29)(H,28,30). The van der Waals surface area contributed by atoms with Crippen LogP contribution >= 0.6 is 0 Å². The number of ether oxygens (including phenoxy) is 1. The molecule has 5 heteroatoms. The molecule has 0 fully saturated rings. The van der Waals surface area contributed by atoms with E-state index in [0.29, 0.717) is 6.54 Å². The van der Waals surface area contributed by atoms with Gasteiger partial charge in [-0.2, -0.15) is 0 Å². The fourth-order valence-electron chi connectivity index (χ4n) is 3.29. The van der Waals surface area contributed by atoms with Crippen molar-refractivity contribution in [2.45, 2.75) is 32.4 Å². The van der Waals surface area contributed by atoms with E-state index in [-0.39, 0.29) is 18.6 Å². The number of amides is 2. The minimum absolute atomic E-state index is 0.0346. The summed E-state index contributed by atoms with van der Waals surface area (Å²) >= 11 is 0. The predicted molar refractivity (Wildman–Crippen MR) is 122 cm³/mol. The predicted octanol–water partition coefficient (Wildman–Crippen LogP) is 4.04. The Kier molecular flexibility index (Phi) is 7.82. The van der Waals surface area contributed by atoms with Crippen LogP contribution in [0.5, 0.6) is 5.75 Å². The monoisotopic (exact) mass is 416 g/mol. The third-order valence-corrected chi connectivity index (χ3v) is 4.83. The van der Waals surface area contributed by atoms with Crippen molar-refractivity contribution >= 4 is 11.8 Å². The van der Waals surface area contributed by atoms with Gasteiger partial charge in [-0.25, -0.2) is 0 Å². The van der Waals surface area contributed by atoms with Crippen LogP contribution in [0.15, 0.2) is 84.9 Å². The SMILES string of the molecule is CC(C)Oc1ccc(CNC(=O)C(=O)NCC(c2ccccc2)c2ccccc2)cc1. The molecule has 2 N–H and O–H groups in total. The van der Waals surface area contributed by atoms with Gasteiger partial charge in [0.2, 0.25) is 0 Å². The van der Waals surface area contributed by atoms with Crippen molar-refractivity contribution in [2.24, 2.45) is 0 Å². The van der Waals surface area contributed by atoms with Gasteiger partial charge in [-0.1, -0.05) is 72.8 Å². The normalized spacial score (nSPS) is 10.7. The van der Waals surface area contributed by atoms with Gasteiger partial charge < -0.3 is 15.4 Å². The van der Waals surface area contributed by atoms with Crippen LogP contribution in [-0.4, -0.2) is 24.5 Å². The molecule has 0 heterocycles. The van der Waals surface area contributed by atoms with Crippen molar-refractivity contribution in [3.8, 4) is 5.75 Å². The Morgan fingerprint density at radius 2 is 1.26 bits per heavy atom. The number of rotatable bonds is 8. The molecule has 0 spiro atoms. The zero-order valence-corrected chi connectivity index (χ0v) is 17.9. The lowest BCUT2D eigenvalue weighted by atomic mass is 9.91. The quantitative estimate of drug-likeness (QED) is 0.545. The van der Waals surface area contributed by atoms with Crippen molar-refractivity contribution in [3.63, 3.8) is 0 Å². The molecule has 0 aliphatic rings. The number of benzene rings is 3. The van der Waals surface area contributed by atoms with Crippen molar-refractivity contribution < 1.29 is 14.3 Å². The first-order valence-corrected chi connectivity index (χ1v) is 10.4. The molecule has 0 saturated carbocycles. The third kappa shape index (κ3) is 6.71. The van der Waals surface area contributed by atoms with Gasteiger partial charge in [0.1, 0.15) is 5.75 Å². The van der Waals surface area contributed by atoms with Crippen LogP contribution < -0.4 is 15.4 Å². The molecule has 5 nitrogen and oxygen atoms in total. The van der Waals surface area contributed by atoms with Gasteiger partial charge in [0.05, 0.1) is 6.10 Å². The second kappa shape index (κ2) is 11.0. The summed E-state index contributed by atoms with van der Waals surface area (Å²) in [6.07, 6.45) is 0.102. The van der Waals surface area contributed by atoms with Crippen LogP contribution in [0.25, 0.3) is 0 Å². The lowest BCUT2D eigenvalue weighted by Gasteiger charge is -2.18. The van der Waals surface area contributed by atoms with Crippen molar-refractivity contribution in [3.05, 3.63) is 102 Å². The second-order valence-corrected chi connectivity index (χ2v) is 7.58. The Balaban J connectivity index is 1.55. The molecule has 0 radical (unpaired) electrons. The van der Waals surface area contributed by atoms with E-state index in [1.54, 1.807) is 0 Å². The van der Waals surface area contributed by atoms with Gasteiger partial charge in [0.15, 0.2) is 0 Å². The summed E-state index contributed by atoms with van der Waals surface area (Å²) in [4.78, 5) is 24.6. The average molecular weight is 417 g/mol. The minimum Gasteiger partial charge on any atom is -0.491 e. The molecule has 160 valence electrons. The Morgan fingerprint density at radius 3 is 1.77 bits per heavy atom.